The van der Waals surface area contributed by atoms with Crippen molar-refractivity contribution in [3.05, 3.63) is 54.5 Å². The Morgan fingerprint density at radius 2 is 2.00 bits per heavy atom. The summed E-state index contributed by atoms with van der Waals surface area (Å²) in [6, 6.07) is 8.92. The van der Waals surface area contributed by atoms with Crippen molar-refractivity contribution in [2.24, 2.45) is 0 Å². The molecule has 0 spiro atoms. The number of carboxylic acids is 1. The lowest BCUT2D eigenvalue weighted by Crippen LogP contribution is -2.03. The van der Waals surface area contributed by atoms with Crippen LogP contribution in [0, 0.1) is 0 Å². The summed E-state index contributed by atoms with van der Waals surface area (Å²) in [6.45, 7) is 3.23. The molecule has 0 bridgehead atoms. The fourth-order valence-corrected chi connectivity index (χ4v) is 0.908. The molecule has 0 fully saturated rings. The van der Waals surface area contributed by atoms with E-state index in [1.54, 1.807) is 24.3 Å². The Bertz CT molecular complexity index is 367. The molecule has 78 valence electrons. The third kappa shape index (κ3) is 3.56. The highest BCUT2D eigenvalue weighted by molar-refractivity contribution is 5.89. The van der Waals surface area contributed by atoms with Crippen LogP contribution < -0.4 is 0 Å². The number of benzene rings is 1. The monoisotopic (exact) mass is 206 g/mol. The van der Waals surface area contributed by atoms with Crippen molar-refractivity contribution < 1.29 is 19.7 Å². The Hall–Kier alpha value is -2.23. The molecule has 1 aromatic rings. The molecule has 0 unspecified atom stereocenters. The molecule has 0 saturated heterocycles. The van der Waals surface area contributed by atoms with E-state index in [0.717, 1.165) is 6.26 Å². The van der Waals surface area contributed by atoms with E-state index in [9.17, 15) is 4.79 Å². The standard InChI is InChI=1S/C11H10O4/c1-2-14-15-10(11(12)13)8-9-6-4-3-5-7-9/h2-8H,1H2,(H,12,13). The summed E-state index contributed by atoms with van der Waals surface area (Å²) >= 11 is 0. The van der Waals surface area contributed by atoms with E-state index < -0.39 is 5.97 Å². The summed E-state index contributed by atoms with van der Waals surface area (Å²) in [6.07, 6.45) is 2.35. The van der Waals surface area contributed by atoms with Gasteiger partial charge in [-0.05, 0) is 5.56 Å². The van der Waals surface area contributed by atoms with E-state index in [-0.39, 0.29) is 5.76 Å². The van der Waals surface area contributed by atoms with Gasteiger partial charge in [0, 0.05) is 6.08 Å². The first-order valence-electron chi connectivity index (χ1n) is 4.18. The van der Waals surface area contributed by atoms with Crippen molar-refractivity contribution in [1.82, 2.24) is 0 Å². The van der Waals surface area contributed by atoms with Crippen LogP contribution in [0.3, 0.4) is 0 Å². The fraction of sp³-hybridized carbons (Fsp3) is 0. The van der Waals surface area contributed by atoms with Gasteiger partial charge < -0.3 is 5.11 Å². The summed E-state index contributed by atoms with van der Waals surface area (Å²) < 4.78 is 0. The summed E-state index contributed by atoms with van der Waals surface area (Å²) in [5.74, 6) is -1.51. The largest absolute Gasteiger partial charge is 0.475 e. The van der Waals surface area contributed by atoms with Gasteiger partial charge in [0.2, 0.25) is 0 Å². The number of aliphatic carboxylic acids is 1. The van der Waals surface area contributed by atoms with E-state index in [1.807, 2.05) is 6.07 Å². The first-order chi connectivity index (χ1) is 7.24. The van der Waals surface area contributed by atoms with Gasteiger partial charge >= 0.3 is 5.97 Å². The number of hydrogen-bond acceptors (Lipinski definition) is 3. The Morgan fingerprint density at radius 1 is 1.33 bits per heavy atom. The molecular weight excluding hydrogens is 196 g/mol. The van der Waals surface area contributed by atoms with Crippen molar-refractivity contribution in [2.45, 2.75) is 0 Å². The average molecular weight is 206 g/mol. The predicted octanol–water partition coefficient (Wildman–Crippen LogP) is 2.20. The predicted molar refractivity (Wildman–Crippen MR) is 54.4 cm³/mol. The van der Waals surface area contributed by atoms with Crippen LogP contribution in [0.4, 0.5) is 0 Å². The summed E-state index contributed by atoms with van der Waals surface area (Å²) in [5, 5.41) is 8.75. The maximum absolute atomic E-state index is 10.7. The normalized spacial score (nSPS) is 10.5. The molecule has 1 rings (SSSR count). The van der Waals surface area contributed by atoms with Crippen LogP contribution in [0.15, 0.2) is 48.9 Å². The lowest BCUT2D eigenvalue weighted by atomic mass is 10.2. The van der Waals surface area contributed by atoms with Crippen LogP contribution in [-0.2, 0) is 14.6 Å². The number of rotatable bonds is 5. The van der Waals surface area contributed by atoms with Crippen LogP contribution in [0.5, 0.6) is 0 Å². The smallest absolute Gasteiger partial charge is 0.376 e. The van der Waals surface area contributed by atoms with Crippen molar-refractivity contribution in [1.29, 1.82) is 0 Å². The van der Waals surface area contributed by atoms with Gasteiger partial charge in [-0.1, -0.05) is 36.9 Å². The van der Waals surface area contributed by atoms with E-state index >= 15 is 0 Å². The molecule has 0 aliphatic rings. The second-order valence-corrected chi connectivity index (χ2v) is 2.57. The van der Waals surface area contributed by atoms with Crippen LogP contribution in [0.1, 0.15) is 5.56 Å². The molecule has 1 N–H and O–H groups in total. The van der Waals surface area contributed by atoms with Crippen molar-refractivity contribution in [3.63, 3.8) is 0 Å². The zero-order valence-electron chi connectivity index (χ0n) is 7.92. The van der Waals surface area contributed by atoms with E-state index in [4.69, 9.17) is 5.11 Å². The summed E-state index contributed by atoms with van der Waals surface area (Å²) in [7, 11) is 0. The highest BCUT2D eigenvalue weighted by Crippen LogP contribution is 2.08. The van der Waals surface area contributed by atoms with Gasteiger partial charge in [0.15, 0.2) is 0 Å². The van der Waals surface area contributed by atoms with E-state index in [2.05, 4.69) is 16.4 Å². The Morgan fingerprint density at radius 3 is 2.53 bits per heavy atom. The minimum Gasteiger partial charge on any atom is -0.475 e. The van der Waals surface area contributed by atoms with Gasteiger partial charge in [-0.2, -0.15) is 0 Å². The Balaban J connectivity index is 2.84. The zero-order valence-corrected chi connectivity index (χ0v) is 7.92. The van der Waals surface area contributed by atoms with E-state index in [1.165, 1.54) is 6.08 Å². The maximum atomic E-state index is 10.7. The molecule has 0 radical (unpaired) electrons. The molecule has 0 heterocycles. The highest BCUT2D eigenvalue weighted by atomic mass is 17.2. The van der Waals surface area contributed by atoms with Gasteiger partial charge in [0.25, 0.3) is 5.76 Å². The molecule has 0 aromatic heterocycles. The molecule has 15 heavy (non-hydrogen) atoms. The lowest BCUT2D eigenvalue weighted by Gasteiger charge is -2.01. The number of carbonyl (C=O) groups is 1. The highest BCUT2D eigenvalue weighted by Gasteiger charge is 2.10. The minimum absolute atomic E-state index is 0.305. The molecule has 0 atom stereocenters. The second kappa shape index (κ2) is 5.49. The Labute approximate surface area is 87.0 Å². The van der Waals surface area contributed by atoms with Gasteiger partial charge in [-0.15, -0.1) is 0 Å². The third-order valence-electron chi connectivity index (χ3n) is 1.51. The molecule has 0 saturated carbocycles. The first kappa shape index (κ1) is 10.8. The van der Waals surface area contributed by atoms with Crippen LogP contribution in [0.25, 0.3) is 6.08 Å². The average Bonchev–Trinajstić information content (AvgIpc) is 2.25. The van der Waals surface area contributed by atoms with E-state index in [0.29, 0.717) is 5.56 Å². The maximum Gasteiger partial charge on any atom is 0.376 e. The van der Waals surface area contributed by atoms with Crippen LogP contribution >= 0.6 is 0 Å². The zero-order chi connectivity index (χ0) is 11.1. The molecule has 4 nitrogen and oxygen atoms in total. The fourth-order valence-electron chi connectivity index (χ4n) is 0.908. The van der Waals surface area contributed by atoms with Gasteiger partial charge in [-0.3, -0.25) is 9.78 Å². The third-order valence-corrected chi connectivity index (χ3v) is 1.51. The minimum atomic E-state index is -1.21. The SMILES string of the molecule is C=COOC(=Cc1ccccc1)C(=O)O. The lowest BCUT2D eigenvalue weighted by molar-refractivity contribution is -0.215. The van der Waals surface area contributed by atoms with Crippen LogP contribution in [0.2, 0.25) is 0 Å². The number of carboxylic acid groups (broad SMARTS) is 1. The molecule has 0 amide bonds. The van der Waals surface area contributed by atoms with Crippen molar-refractivity contribution in [3.8, 4) is 0 Å². The second-order valence-electron chi connectivity index (χ2n) is 2.57. The molecule has 1 aromatic carbocycles. The van der Waals surface area contributed by atoms with Crippen molar-refractivity contribution >= 4 is 12.0 Å². The molecule has 0 aliphatic heterocycles. The molecular formula is C11H10O4. The summed E-state index contributed by atoms with van der Waals surface area (Å²) in [4.78, 5) is 19.5. The summed E-state index contributed by atoms with van der Waals surface area (Å²) in [5.41, 5.74) is 0.711. The van der Waals surface area contributed by atoms with Gasteiger partial charge in [0.05, 0.1) is 0 Å². The van der Waals surface area contributed by atoms with Gasteiger partial charge in [-0.25, -0.2) is 4.79 Å². The molecule has 0 aliphatic carbocycles. The topological polar surface area (TPSA) is 55.8 Å². The number of hydrogen-bond donors (Lipinski definition) is 1. The first-order valence-corrected chi connectivity index (χ1v) is 4.18. The quantitative estimate of drug-likeness (QED) is 0.347. The van der Waals surface area contributed by atoms with Gasteiger partial charge in [0.1, 0.15) is 6.26 Å². The van der Waals surface area contributed by atoms with Crippen molar-refractivity contribution in [2.75, 3.05) is 0 Å². The molecule has 4 heteroatoms. The Kier molecular flexibility index (Phi) is 3.97. The van der Waals surface area contributed by atoms with Crippen LogP contribution in [-0.4, -0.2) is 11.1 Å².